The van der Waals surface area contributed by atoms with E-state index in [4.69, 9.17) is 0 Å². The Balaban J connectivity index is 3.10. The second-order valence-electron chi connectivity index (χ2n) is 2.05. The molecule has 0 aliphatic carbocycles. The van der Waals surface area contributed by atoms with E-state index in [1.807, 2.05) is 0 Å². The van der Waals surface area contributed by atoms with E-state index >= 15 is 0 Å². The van der Waals surface area contributed by atoms with Crippen molar-refractivity contribution in [1.29, 1.82) is 0 Å². The molecule has 0 heterocycles. The van der Waals surface area contributed by atoms with E-state index in [1.54, 1.807) is 18.2 Å². The van der Waals surface area contributed by atoms with Gasteiger partial charge >= 0.3 is 0 Å². The van der Waals surface area contributed by atoms with Gasteiger partial charge in [-0.15, -0.1) is 12.6 Å². The third-order valence-corrected chi connectivity index (χ3v) is 1.53. The summed E-state index contributed by atoms with van der Waals surface area (Å²) in [5, 5.41) is -0.325. The van der Waals surface area contributed by atoms with Gasteiger partial charge in [-0.3, -0.25) is 9.59 Å². The number of rotatable bonds is 2. The molecule has 0 amide bonds. The summed E-state index contributed by atoms with van der Waals surface area (Å²) in [6.45, 7) is 0. The molecule has 0 N–H and O–H groups in total. The van der Waals surface area contributed by atoms with E-state index in [9.17, 15) is 9.59 Å². The minimum absolute atomic E-state index is 0.325. The van der Waals surface area contributed by atoms with Crippen molar-refractivity contribution in [2.24, 2.45) is 0 Å². The zero-order valence-corrected chi connectivity index (χ0v) is 6.54. The lowest BCUT2D eigenvalue weighted by molar-refractivity contribution is 0.109. The van der Waals surface area contributed by atoms with Gasteiger partial charge in [0.2, 0.25) is 5.12 Å². The van der Waals surface area contributed by atoms with E-state index in [2.05, 4.69) is 12.6 Å². The fourth-order valence-corrected chi connectivity index (χ4v) is 0.884. The van der Waals surface area contributed by atoms with Crippen LogP contribution in [0.1, 0.15) is 20.7 Å². The number of benzene rings is 1. The Morgan fingerprint density at radius 1 is 1.45 bits per heavy atom. The van der Waals surface area contributed by atoms with Gasteiger partial charge in [0.15, 0.2) is 0 Å². The first-order valence-corrected chi connectivity index (χ1v) is 3.47. The molecule has 0 saturated carbocycles. The first-order chi connectivity index (χ1) is 5.24. The largest absolute Gasteiger partial charge is 0.298 e. The highest BCUT2D eigenvalue weighted by Crippen LogP contribution is 2.05. The van der Waals surface area contributed by atoms with Crippen LogP contribution in [0.3, 0.4) is 0 Å². The Labute approximate surface area is 69.6 Å². The van der Waals surface area contributed by atoms with Crippen molar-refractivity contribution in [3.8, 4) is 0 Å². The molecule has 1 rings (SSSR count). The monoisotopic (exact) mass is 166 g/mol. The van der Waals surface area contributed by atoms with Crippen LogP contribution in [-0.2, 0) is 0 Å². The van der Waals surface area contributed by atoms with Crippen molar-refractivity contribution < 1.29 is 9.59 Å². The third kappa shape index (κ3) is 1.91. The van der Waals surface area contributed by atoms with Crippen LogP contribution in [0.5, 0.6) is 0 Å². The second kappa shape index (κ2) is 3.34. The quantitative estimate of drug-likeness (QED) is 0.534. The van der Waals surface area contributed by atoms with Crippen molar-refractivity contribution in [2.45, 2.75) is 0 Å². The summed E-state index contributed by atoms with van der Waals surface area (Å²) in [7, 11) is 0. The van der Waals surface area contributed by atoms with E-state index in [0.29, 0.717) is 17.4 Å². The molecule has 0 aliphatic heterocycles. The molecular formula is C8H6O2S. The predicted octanol–water partition coefficient (Wildman–Crippen LogP) is 1.57. The minimum Gasteiger partial charge on any atom is -0.298 e. The number of carbonyl (C=O) groups is 2. The van der Waals surface area contributed by atoms with Gasteiger partial charge < -0.3 is 0 Å². The average Bonchev–Trinajstić information content (AvgIpc) is 2.05. The fourth-order valence-electron chi connectivity index (χ4n) is 0.745. The summed E-state index contributed by atoms with van der Waals surface area (Å²) in [6.07, 6.45) is 0.695. The zero-order valence-electron chi connectivity index (χ0n) is 5.65. The number of hydrogen-bond acceptors (Lipinski definition) is 2. The molecule has 0 atom stereocenters. The van der Waals surface area contributed by atoms with Crippen molar-refractivity contribution in [3.63, 3.8) is 0 Å². The normalized spacial score (nSPS) is 9.18. The molecule has 0 aromatic heterocycles. The number of thiol groups is 1. The molecule has 11 heavy (non-hydrogen) atoms. The van der Waals surface area contributed by atoms with Gasteiger partial charge in [0.25, 0.3) is 0 Å². The Hall–Kier alpha value is -1.09. The van der Waals surface area contributed by atoms with Crippen molar-refractivity contribution >= 4 is 24.0 Å². The van der Waals surface area contributed by atoms with Crippen LogP contribution in [0.2, 0.25) is 0 Å². The molecule has 0 aliphatic rings. The Morgan fingerprint density at radius 3 is 2.73 bits per heavy atom. The highest BCUT2D eigenvalue weighted by molar-refractivity contribution is 7.97. The molecule has 2 nitrogen and oxygen atoms in total. The minimum atomic E-state index is -0.325. The van der Waals surface area contributed by atoms with Gasteiger partial charge in [-0.1, -0.05) is 18.2 Å². The van der Waals surface area contributed by atoms with Gasteiger partial charge in [-0.25, -0.2) is 0 Å². The smallest absolute Gasteiger partial charge is 0.216 e. The average molecular weight is 166 g/mol. The standard InChI is InChI=1S/C8H6O2S/c9-5-6-2-1-3-7(4-6)8(10)11/h1-5H,(H,10,11). The Bertz CT molecular complexity index is 294. The second-order valence-corrected chi connectivity index (χ2v) is 2.45. The lowest BCUT2D eigenvalue weighted by atomic mass is 10.1. The molecular weight excluding hydrogens is 160 g/mol. The fraction of sp³-hybridized carbons (Fsp3) is 0. The Morgan fingerprint density at radius 2 is 2.18 bits per heavy atom. The van der Waals surface area contributed by atoms with Gasteiger partial charge in [-0.2, -0.15) is 0 Å². The molecule has 0 saturated heterocycles. The van der Waals surface area contributed by atoms with Crippen LogP contribution in [-0.4, -0.2) is 11.4 Å². The number of carbonyl (C=O) groups excluding carboxylic acids is 2. The molecule has 0 spiro atoms. The Kier molecular flexibility index (Phi) is 2.44. The first kappa shape index (κ1) is 8.01. The lowest BCUT2D eigenvalue weighted by Crippen LogP contribution is -1.89. The summed E-state index contributed by atoms with van der Waals surface area (Å²) >= 11 is 3.62. The summed E-state index contributed by atoms with van der Waals surface area (Å²) in [5.74, 6) is 0. The van der Waals surface area contributed by atoms with Gasteiger partial charge in [0, 0.05) is 11.1 Å². The van der Waals surface area contributed by atoms with Crippen LogP contribution in [0, 0.1) is 0 Å². The molecule has 0 fully saturated rings. The highest BCUT2D eigenvalue weighted by Gasteiger charge is 1.99. The molecule has 1 aromatic rings. The first-order valence-electron chi connectivity index (χ1n) is 3.02. The molecule has 0 bridgehead atoms. The third-order valence-electron chi connectivity index (χ3n) is 1.27. The van der Waals surface area contributed by atoms with Crippen LogP contribution >= 0.6 is 12.6 Å². The van der Waals surface area contributed by atoms with Gasteiger partial charge in [0.05, 0.1) is 0 Å². The summed E-state index contributed by atoms with van der Waals surface area (Å²) < 4.78 is 0. The maximum atomic E-state index is 10.7. The summed E-state index contributed by atoms with van der Waals surface area (Å²) in [6, 6.07) is 6.39. The van der Waals surface area contributed by atoms with Crippen molar-refractivity contribution in [1.82, 2.24) is 0 Å². The molecule has 3 heteroatoms. The van der Waals surface area contributed by atoms with Gasteiger partial charge in [0.1, 0.15) is 6.29 Å². The summed E-state index contributed by atoms with van der Waals surface area (Å²) in [5.41, 5.74) is 0.933. The van der Waals surface area contributed by atoms with E-state index in [0.717, 1.165) is 0 Å². The van der Waals surface area contributed by atoms with E-state index in [1.165, 1.54) is 6.07 Å². The lowest BCUT2D eigenvalue weighted by Gasteiger charge is -1.93. The van der Waals surface area contributed by atoms with Crippen LogP contribution in [0.25, 0.3) is 0 Å². The SMILES string of the molecule is O=Cc1cccc(C(=O)S)c1. The van der Waals surface area contributed by atoms with E-state index in [-0.39, 0.29) is 5.12 Å². The maximum Gasteiger partial charge on any atom is 0.216 e. The highest BCUT2D eigenvalue weighted by atomic mass is 32.1. The van der Waals surface area contributed by atoms with Gasteiger partial charge in [-0.05, 0) is 6.07 Å². The van der Waals surface area contributed by atoms with Crippen molar-refractivity contribution in [3.05, 3.63) is 35.4 Å². The van der Waals surface area contributed by atoms with E-state index < -0.39 is 0 Å². The van der Waals surface area contributed by atoms with Crippen LogP contribution < -0.4 is 0 Å². The predicted molar refractivity (Wildman–Crippen MR) is 45.1 cm³/mol. The maximum absolute atomic E-state index is 10.7. The van der Waals surface area contributed by atoms with Crippen LogP contribution in [0.4, 0.5) is 0 Å². The topological polar surface area (TPSA) is 34.1 Å². The molecule has 56 valence electrons. The zero-order chi connectivity index (χ0) is 8.27. The van der Waals surface area contributed by atoms with Crippen molar-refractivity contribution in [2.75, 3.05) is 0 Å². The molecule has 1 aromatic carbocycles. The number of hydrogen-bond donors (Lipinski definition) is 1. The summed E-state index contributed by atoms with van der Waals surface area (Å²) in [4.78, 5) is 20.9. The molecule has 0 radical (unpaired) electrons. The molecule has 0 unspecified atom stereocenters. The number of aldehydes is 1. The van der Waals surface area contributed by atoms with Crippen LogP contribution in [0.15, 0.2) is 24.3 Å².